The summed E-state index contributed by atoms with van der Waals surface area (Å²) in [7, 11) is 0. The van der Waals surface area contributed by atoms with E-state index in [0.29, 0.717) is 0 Å². The molecule has 0 aromatic heterocycles. The highest BCUT2D eigenvalue weighted by Crippen LogP contribution is 2.29. The largest absolute Gasteiger partial charge is 0.349 e. The molecule has 1 atom stereocenters. The lowest BCUT2D eigenvalue weighted by molar-refractivity contribution is -0.127. The van der Waals surface area contributed by atoms with Crippen molar-refractivity contribution in [3.63, 3.8) is 0 Å². The summed E-state index contributed by atoms with van der Waals surface area (Å²) in [6.07, 6.45) is 0.947. The first-order chi connectivity index (χ1) is 8.96. The highest BCUT2D eigenvalue weighted by molar-refractivity contribution is 5.85. The molecule has 1 aromatic rings. The quantitative estimate of drug-likeness (QED) is 0.897. The van der Waals surface area contributed by atoms with Gasteiger partial charge in [-0.2, -0.15) is 0 Å². The zero-order valence-electron chi connectivity index (χ0n) is 12.5. The summed E-state index contributed by atoms with van der Waals surface area (Å²) in [6, 6.07) is 10.4. The number of amides is 1. The summed E-state index contributed by atoms with van der Waals surface area (Å²) < 4.78 is 0. The Morgan fingerprint density at radius 1 is 1.30 bits per heavy atom. The van der Waals surface area contributed by atoms with Gasteiger partial charge in [-0.05, 0) is 17.4 Å². The molecule has 0 aliphatic carbocycles. The van der Waals surface area contributed by atoms with Gasteiger partial charge in [0.05, 0.1) is 12.0 Å². The van der Waals surface area contributed by atoms with Crippen molar-refractivity contribution in [3.05, 3.63) is 35.9 Å². The van der Waals surface area contributed by atoms with Gasteiger partial charge in [-0.25, -0.2) is 0 Å². The van der Waals surface area contributed by atoms with Crippen LogP contribution in [0.1, 0.15) is 38.8 Å². The normalized spacial score (nSPS) is 16.8. The van der Waals surface area contributed by atoms with Gasteiger partial charge in [0.15, 0.2) is 0 Å². The molecule has 1 fully saturated rings. The highest BCUT2D eigenvalue weighted by atomic mass is 35.5. The number of hydrogen-bond acceptors (Lipinski definition) is 2. The van der Waals surface area contributed by atoms with Crippen LogP contribution >= 0.6 is 12.4 Å². The lowest BCUT2D eigenvalue weighted by atomic mass is 9.85. The number of rotatable bonds is 4. The molecule has 0 saturated carbocycles. The van der Waals surface area contributed by atoms with Gasteiger partial charge in [0.2, 0.25) is 5.91 Å². The number of carbonyl (C=O) groups excluding carboxylic acids is 1. The van der Waals surface area contributed by atoms with Crippen LogP contribution in [0.15, 0.2) is 30.3 Å². The average molecular weight is 297 g/mol. The van der Waals surface area contributed by atoms with Crippen LogP contribution in [0.2, 0.25) is 0 Å². The Morgan fingerprint density at radius 3 is 2.35 bits per heavy atom. The molecule has 1 aliphatic rings. The summed E-state index contributed by atoms with van der Waals surface area (Å²) in [5.74, 6) is 0.322. The van der Waals surface area contributed by atoms with Gasteiger partial charge in [-0.1, -0.05) is 51.1 Å². The predicted octanol–water partition coefficient (Wildman–Crippen LogP) is 2.92. The van der Waals surface area contributed by atoms with Gasteiger partial charge < -0.3 is 10.6 Å². The smallest absolute Gasteiger partial charge is 0.226 e. The maximum absolute atomic E-state index is 12.1. The molecule has 0 spiro atoms. The molecule has 0 radical (unpaired) electrons. The van der Waals surface area contributed by atoms with Gasteiger partial charge in [0.1, 0.15) is 0 Å². The molecule has 2 N–H and O–H groups in total. The molecule has 4 heteroatoms. The third-order valence-corrected chi connectivity index (χ3v) is 3.49. The lowest BCUT2D eigenvalue weighted by Gasteiger charge is -2.31. The van der Waals surface area contributed by atoms with Crippen LogP contribution in [0.25, 0.3) is 0 Å². The van der Waals surface area contributed by atoms with E-state index < -0.39 is 0 Å². The third kappa shape index (κ3) is 4.80. The van der Waals surface area contributed by atoms with Crippen LogP contribution < -0.4 is 10.6 Å². The molecule has 2 rings (SSSR count). The Bertz CT molecular complexity index is 424. The predicted molar refractivity (Wildman–Crippen MR) is 85.0 cm³/mol. The molecule has 1 heterocycles. The Kier molecular flexibility index (Phi) is 6.03. The molecule has 3 nitrogen and oxygen atoms in total. The van der Waals surface area contributed by atoms with Crippen molar-refractivity contribution in [3.8, 4) is 0 Å². The van der Waals surface area contributed by atoms with E-state index in [1.807, 2.05) is 18.2 Å². The number of halogens is 1. The molecule has 112 valence electrons. The monoisotopic (exact) mass is 296 g/mol. The molecule has 1 amide bonds. The summed E-state index contributed by atoms with van der Waals surface area (Å²) in [5.41, 5.74) is 1.38. The fourth-order valence-electron chi connectivity index (χ4n) is 2.31. The first-order valence-electron chi connectivity index (χ1n) is 7.02. The number of hydrogen-bond donors (Lipinski definition) is 2. The van der Waals surface area contributed by atoms with Gasteiger partial charge >= 0.3 is 0 Å². The molecule has 1 saturated heterocycles. The number of benzene rings is 1. The van der Waals surface area contributed by atoms with Crippen LogP contribution in [0.4, 0.5) is 0 Å². The van der Waals surface area contributed by atoms with Crippen molar-refractivity contribution in [1.29, 1.82) is 0 Å². The minimum absolute atomic E-state index is 0. The second kappa shape index (κ2) is 7.09. The lowest BCUT2D eigenvalue weighted by Crippen LogP contribution is -2.51. The van der Waals surface area contributed by atoms with Crippen LogP contribution in [0, 0.1) is 11.3 Å². The van der Waals surface area contributed by atoms with E-state index >= 15 is 0 Å². The maximum Gasteiger partial charge on any atom is 0.226 e. The van der Waals surface area contributed by atoms with E-state index in [2.05, 4.69) is 43.5 Å². The third-order valence-electron chi connectivity index (χ3n) is 3.49. The van der Waals surface area contributed by atoms with Gasteiger partial charge in [-0.3, -0.25) is 4.79 Å². The van der Waals surface area contributed by atoms with E-state index in [9.17, 15) is 4.79 Å². The molecule has 1 aliphatic heterocycles. The Balaban J connectivity index is 0.00000200. The van der Waals surface area contributed by atoms with Crippen molar-refractivity contribution in [2.24, 2.45) is 11.3 Å². The van der Waals surface area contributed by atoms with Crippen molar-refractivity contribution < 1.29 is 4.79 Å². The van der Waals surface area contributed by atoms with Crippen LogP contribution in [0.5, 0.6) is 0 Å². The first kappa shape index (κ1) is 17.0. The van der Waals surface area contributed by atoms with Crippen LogP contribution in [-0.4, -0.2) is 19.0 Å². The van der Waals surface area contributed by atoms with E-state index in [-0.39, 0.29) is 35.7 Å². The topological polar surface area (TPSA) is 41.1 Å². The van der Waals surface area contributed by atoms with Crippen molar-refractivity contribution in [1.82, 2.24) is 10.6 Å². The summed E-state index contributed by atoms with van der Waals surface area (Å²) >= 11 is 0. The average Bonchev–Trinajstić information content (AvgIpc) is 2.25. The second-order valence-corrected chi connectivity index (χ2v) is 6.59. The summed E-state index contributed by atoms with van der Waals surface area (Å²) in [5, 5.41) is 6.36. The Morgan fingerprint density at radius 2 is 1.90 bits per heavy atom. The SMILES string of the molecule is CC(C)(C)CC(NC(=O)C1CNC1)c1ccccc1.Cl. The summed E-state index contributed by atoms with van der Waals surface area (Å²) in [6.45, 7) is 8.24. The maximum atomic E-state index is 12.1. The van der Waals surface area contributed by atoms with Crippen molar-refractivity contribution >= 4 is 18.3 Å². The van der Waals surface area contributed by atoms with Crippen molar-refractivity contribution in [2.75, 3.05) is 13.1 Å². The van der Waals surface area contributed by atoms with Crippen LogP contribution in [0.3, 0.4) is 0 Å². The van der Waals surface area contributed by atoms with E-state index in [4.69, 9.17) is 0 Å². The zero-order valence-corrected chi connectivity index (χ0v) is 13.3. The molecule has 1 aromatic carbocycles. The minimum Gasteiger partial charge on any atom is -0.349 e. The van der Waals surface area contributed by atoms with E-state index in [1.165, 1.54) is 5.56 Å². The molecular formula is C16H25ClN2O. The minimum atomic E-state index is 0. The van der Waals surface area contributed by atoms with E-state index in [0.717, 1.165) is 19.5 Å². The van der Waals surface area contributed by atoms with Crippen molar-refractivity contribution in [2.45, 2.75) is 33.2 Å². The zero-order chi connectivity index (χ0) is 13.9. The summed E-state index contributed by atoms with van der Waals surface area (Å²) in [4.78, 5) is 12.1. The molecular weight excluding hydrogens is 272 g/mol. The number of nitrogens with one attached hydrogen (secondary N) is 2. The standard InChI is InChI=1S/C16H24N2O.ClH/c1-16(2,3)9-14(12-7-5-4-6-8-12)18-15(19)13-10-17-11-13;/h4-8,13-14,17H,9-11H2,1-3H3,(H,18,19);1H. The van der Waals surface area contributed by atoms with Gasteiger partial charge in [0.25, 0.3) is 0 Å². The Labute approximate surface area is 127 Å². The van der Waals surface area contributed by atoms with Gasteiger partial charge in [-0.15, -0.1) is 12.4 Å². The molecule has 0 bridgehead atoms. The van der Waals surface area contributed by atoms with Gasteiger partial charge in [0, 0.05) is 13.1 Å². The fourth-order valence-corrected chi connectivity index (χ4v) is 2.31. The Hall–Kier alpha value is -1.06. The second-order valence-electron chi connectivity index (χ2n) is 6.59. The van der Waals surface area contributed by atoms with E-state index in [1.54, 1.807) is 0 Å². The van der Waals surface area contributed by atoms with Crippen LogP contribution in [-0.2, 0) is 4.79 Å². The first-order valence-corrected chi connectivity index (χ1v) is 7.02. The number of carbonyl (C=O) groups is 1. The highest BCUT2D eigenvalue weighted by Gasteiger charge is 2.28. The molecule has 1 unspecified atom stereocenters. The molecule has 20 heavy (non-hydrogen) atoms. The fraction of sp³-hybridized carbons (Fsp3) is 0.562.